The topological polar surface area (TPSA) is 73.1 Å². The highest BCUT2D eigenvalue weighted by molar-refractivity contribution is 5.68. The highest BCUT2D eigenvalue weighted by atomic mass is 16.5. The minimum atomic E-state index is 0.284. The number of nitrogens with zero attached hydrogens (tertiary/aromatic N) is 3. The number of aryl methyl sites for hydroxylation is 1. The van der Waals surface area contributed by atoms with Crippen LogP contribution in [0.15, 0.2) is 22.9 Å². The summed E-state index contributed by atoms with van der Waals surface area (Å²) in [6.45, 7) is 3.35. The third-order valence-electron chi connectivity index (χ3n) is 3.07. The number of rotatable bonds is 3. The van der Waals surface area contributed by atoms with E-state index < -0.39 is 0 Å². The molecule has 1 N–H and O–H groups in total. The molecule has 1 aliphatic heterocycles. The second-order valence-electron chi connectivity index (χ2n) is 4.60. The maximum absolute atomic E-state index is 5.46. The monoisotopic (exact) mass is 260 g/mol. The molecular weight excluding hydrogens is 244 g/mol. The number of pyridine rings is 1. The fourth-order valence-electron chi connectivity index (χ4n) is 2.15. The van der Waals surface area contributed by atoms with E-state index in [0.717, 1.165) is 30.8 Å². The van der Waals surface area contributed by atoms with Crippen molar-refractivity contribution in [2.75, 3.05) is 18.5 Å². The van der Waals surface area contributed by atoms with Gasteiger partial charge in [0.1, 0.15) is 5.82 Å². The van der Waals surface area contributed by atoms with E-state index >= 15 is 0 Å². The van der Waals surface area contributed by atoms with Gasteiger partial charge in [-0.25, -0.2) is 4.98 Å². The first-order valence-electron chi connectivity index (χ1n) is 6.43. The number of nitrogens with one attached hydrogen (secondary N) is 1. The molecule has 1 aliphatic rings. The Kier molecular flexibility index (Phi) is 3.41. The third kappa shape index (κ3) is 2.73. The van der Waals surface area contributed by atoms with E-state index in [4.69, 9.17) is 9.26 Å². The van der Waals surface area contributed by atoms with Crippen LogP contribution in [0, 0.1) is 6.92 Å². The lowest BCUT2D eigenvalue weighted by Gasteiger charge is -2.24. The molecule has 3 heterocycles. The van der Waals surface area contributed by atoms with Crippen molar-refractivity contribution in [3.05, 3.63) is 24.2 Å². The summed E-state index contributed by atoms with van der Waals surface area (Å²) in [7, 11) is 0. The van der Waals surface area contributed by atoms with Gasteiger partial charge in [-0.15, -0.1) is 0 Å². The van der Waals surface area contributed by atoms with E-state index in [-0.39, 0.29) is 6.04 Å². The van der Waals surface area contributed by atoms with Crippen molar-refractivity contribution in [2.45, 2.75) is 25.8 Å². The van der Waals surface area contributed by atoms with E-state index in [0.29, 0.717) is 18.3 Å². The van der Waals surface area contributed by atoms with Crippen molar-refractivity contribution in [2.24, 2.45) is 0 Å². The standard InChI is InChI=1S/C13H16N4O2/c1-9-15-13(19-17-9)11-5-2-6-14-12(11)16-10-4-3-7-18-8-10/h2,5-6,10H,3-4,7-8H2,1H3,(H,14,16). The average Bonchev–Trinajstić information content (AvgIpc) is 2.87. The summed E-state index contributed by atoms with van der Waals surface area (Å²) in [5.74, 6) is 1.87. The quantitative estimate of drug-likeness (QED) is 0.910. The predicted molar refractivity (Wildman–Crippen MR) is 69.7 cm³/mol. The van der Waals surface area contributed by atoms with Crippen molar-refractivity contribution < 1.29 is 9.26 Å². The number of anilines is 1. The first kappa shape index (κ1) is 12.1. The molecule has 0 amide bonds. The first-order valence-corrected chi connectivity index (χ1v) is 6.43. The van der Waals surface area contributed by atoms with Gasteiger partial charge in [-0.05, 0) is 31.9 Å². The molecule has 100 valence electrons. The zero-order valence-corrected chi connectivity index (χ0v) is 10.8. The Balaban J connectivity index is 1.84. The van der Waals surface area contributed by atoms with Crippen LogP contribution in [0.3, 0.4) is 0 Å². The van der Waals surface area contributed by atoms with E-state index in [2.05, 4.69) is 20.4 Å². The Morgan fingerprint density at radius 1 is 1.42 bits per heavy atom. The summed E-state index contributed by atoms with van der Waals surface area (Å²) in [4.78, 5) is 8.61. The summed E-state index contributed by atoms with van der Waals surface area (Å²) >= 11 is 0. The van der Waals surface area contributed by atoms with Gasteiger partial charge in [0.2, 0.25) is 0 Å². The molecule has 0 radical (unpaired) electrons. The fourth-order valence-corrected chi connectivity index (χ4v) is 2.15. The van der Waals surface area contributed by atoms with Crippen molar-refractivity contribution in [3.8, 4) is 11.5 Å². The van der Waals surface area contributed by atoms with Crippen molar-refractivity contribution in [1.82, 2.24) is 15.1 Å². The summed E-state index contributed by atoms with van der Waals surface area (Å²) in [6.07, 6.45) is 3.90. The molecule has 1 atom stereocenters. The predicted octanol–water partition coefficient (Wildman–Crippen LogP) is 2.03. The van der Waals surface area contributed by atoms with Crippen LogP contribution in [0.1, 0.15) is 18.7 Å². The maximum atomic E-state index is 5.46. The largest absolute Gasteiger partial charge is 0.379 e. The van der Waals surface area contributed by atoms with Gasteiger partial charge >= 0.3 is 0 Å². The lowest BCUT2D eigenvalue weighted by atomic mass is 10.1. The molecule has 0 aliphatic carbocycles. The molecule has 1 unspecified atom stereocenters. The molecule has 2 aromatic rings. The second-order valence-corrected chi connectivity index (χ2v) is 4.60. The Hall–Kier alpha value is -1.95. The molecule has 0 aromatic carbocycles. The van der Waals surface area contributed by atoms with Crippen molar-refractivity contribution in [1.29, 1.82) is 0 Å². The molecule has 19 heavy (non-hydrogen) atoms. The lowest BCUT2D eigenvalue weighted by molar-refractivity contribution is 0.0875. The Morgan fingerprint density at radius 3 is 3.11 bits per heavy atom. The van der Waals surface area contributed by atoms with Crippen LogP contribution in [0.25, 0.3) is 11.5 Å². The van der Waals surface area contributed by atoms with Crippen LogP contribution in [0.5, 0.6) is 0 Å². The van der Waals surface area contributed by atoms with Gasteiger partial charge in [0.25, 0.3) is 5.89 Å². The normalized spacial score (nSPS) is 19.3. The van der Waals surface area contributed by atoms with Gasteiger partial charge in [0.05, 0.1) is 18.2 Å². The number of ether oxygens (including phenoxy) is 1. The molecular formula is C13H16N4O2. The SMILES string of the molecule is Cc1noc(-c2cccnc2NC2CCCOC2)n1. The van der Waals surface area contributed by atoms with Crippen molar-refractivity contribution in [3.63, 3.8) is 0 Å². The molecule has 0 saturated carbocycles. The molecule has 0 spiro atoms. The smallest absolute Gasteiger partial charge is 0.261 e. The number of aromatic nitrogens is 3. The highest BCUT2D eigenvalue weighted by Gasteiger charge is 2.18. The second kappa shape index (κ2) is 5.36. The lowest BCUT2D eigenvalue weighted by Crippen LogP contribution is -2.30. The summed E-state index contributed by atoms with van der Waals surface area (Å²) in [5.41, 5.74) is 0.827. The third-order valence-corrected chi connectivity index (χ3v) is 3.07. The van der Waals surface area contributed by atoms with Crippen LogP contribution in [-0.2, 0) is 4.74 Å². The van der Waals surface area contributed by atoms with Gasteiger partial charge in [-0.1, -0.05) is 5.16 Å². The maximum Gasteiger partial charge on any atom is 0.261 e. The Bertz CT molecular complexity index is 549. The zero-order valence-electron chi connectivity index (χ0n) is 10.8. The van der Waals surface area contributed by atoms with Crippen LogP contribution in [0.4, 0.5) is 5.82 Å². The number of hydrogen-bond acceptors (Lipinski definition) is 6. The zero-order chi connectivity index (χ0) is 13.1. The summed E-state index contributed by atoms with van der Waals surface area (Å²) in [5, 5.41) is 7.21. The molecule has 1 fully saturated rings. The van der Waals surface area contributed by atoms with E-state index in [1.165, 1.54) is 0 Å². The van der Waals surface area contributed by atoms with Crippen LogP contribution >= 0.6 is 0 Å². The van der Waals surface area contributed by atoms with Gasteiger partial charge < -0.3 is 14.6 Å². The van der Waals surface area contributed by atoms with Crippen LogP contribution in [0.2, 0.25) is 0 Å². The molecule has 1 saturated heterocycles. The molecule has 2 aromatic heterocycles. The Morgan fingerprint density at radius 2 is 2.37 bits per heavy atom. The summed E-state index contributed by atoms with van der Waals surface area (Å²) in [6, 6.07) is 4.06. The van der Waals surface area contributed by atoms with Gasteiger partial charge in [-0.3, -0.25) is 0 Å². The van der Waals surface area contributed by atoms with Crippen LogP contribution in [-0.4, -0.2) is 34.4 Å². The highest BCUT2D eigenvalue weighted by Crippen LogP contribution is 2.25. The fraction of sp³-hybridized carbons (Fsp3) is 0.462. The van der Waals surface area contributed by atoms with Gasteiger partial charge in [0.15, 0.2) is 5.82 Å². The average molecular weight is 260 g/mol. The number of hydrogen-bond donors (Lipinski definition) is 1. The van der Waals surface area contributed by atoms with E-state index in [1.54, 1.807) is 13.1 Å². The van der Waals surface area contributed by atoms with E-state index in [9.17, 15) is 0 Å². The summed E-state index contributed by atoms with van der Waals surface area (Å²) < 4.78 is 10.7. The molecule has 6 nitrogen and oxygen atoms in total. The van der Waals surface area contributed by atoms with Gasteiger partial charge in [-0.2, -0.15) is 4.98 Å². The van der Waals surface area contributed by atoms with Gasteiger partial charge in [0, 0.05) is 12.8 Å². The minimum absolute atomic E-state index is 0.284. The molecule has 0 bridgehead atoms. The van der Waals surface area contributed by atoms with Crippen LogP contribution < -0.4 is 5.32 Å². The van der Waals surface area contributed by atoms with E-state index in [1.807, 2.05) is 12.1 Å². The first-order chi connectivity index (χ1) is 9.33. The minimum Gasteiger partial charge on any atom is -0.379 e. The molecule has 3 rings (SSSR count). The van der Waals surface area contributed by atoms with Crippen molar-refractivity contribution >= 4 is 5.82 Å². The Labute approximate surface area is 111 Å². The molecule has 6 heteroatoms.